The van der Waals surface area contributed by atoms with Crippen LogP contribution in [0.2, 0.25) is 5.02 Å². The molecule has 0 bridgehead atoms. The highest BCUT2D eigenvalue weighted by Gasteiger charge is 2.16. The molecule has 23 heavy (non-hydrogen) atoms. The first-order valence-corrected chi connectivity index (χ1v) is 8.24. The van der Waals surface area contributed by atoms with Crippen LogP contribution >= 0.6 is 11.6 Å². The zero-order valence-corrected chi connectivity index (χ0v) is 14.2. The van der Waals surface area contributed by atoms with E-state index in [1.54, 1.807) is 13.2 Å². The van der Waals surface area contributed by atoms with Gasteiger partial charge in [0.2, 0.25) is 0 Å². The van der Waals surface area contributed by atoms with Crippen molar-refractivity contribution in [1.82, 2.24) is 9.97 Å². The SMILES string of the molecule is COc1ccc(Cl)cc1Nc1cc(NC2CCCC2)nc(C)n1. The minimum absolute atomic E-state index is 0.512. The Hall–Kier alpha value is -2.01. The smallest absolute Gasteiger partial charge is 0.142 e. The molecule has 1 fully saturated rings. The molecular weight excluding hydrogens is 312 g/mol. The maximum Gasteiger partial charge on any atom is 0.142 e. The number of ether oxygens (including phenoxy) is 1. The molecular formula is C17H21ClN4O. The van der Waals surface area contributed by atoms with E-state index in [0.29, 0.717) is 11.1 Å². The van der Waals surface area contributed by atoms with Crippen LogP contribution in [0, 0.1) is 6.92 Å². The van der Waals surface area contributed by atoms with Gasteiger partial charge in [0.25, 0.3) is 0 Å². The van der Waals surface area contributed by atoms with E-state index in [1.165, 1.54) is 25.7 Å². The van der Waals surface area contributed by atoms with E-state index in [4.69, 9.17) is 16.3 Å². The number of halogens is 1. The van der Waals surface area contributed by atoms with Crippen LogP contribution in [0.1, 0.15) is 31.5 Å². The molecule has 0 saturated heterocycles. The molecule has 2 N–H and O–H groups in total. The highest BCUT2D eigenvalue weighted by Crippen LogP contribution is 2.30. The molecule has 1 heterocycles. The zero-order chi connectivity index (χ0) is 16.2. The molecule has 1 aromatic heterocycles. The number of aromatic nitrogens is 2. The lowest BCUT2D eigenvalue weighted by molar-refractivity contribution is 0.417. The minimum atomic E-state index is 0.512. The van der Waals surface area contributed by atoms with Crippen molar-refractivity contribution in [2.24, 2.45) is 0 Å². The molecule has 5 nitrogen and oxygen atoms in total. The first-order valence-electron chi connectivity index (χ1n) is 7.87. The van der Waals surface area contributed by atoms with Crippen molar-refractivity contribution in [2.75, 3.05) is 17.7 Å². The van der Waals surface area contributed by atoms with Crippen molar-refractivity contribution in [1.29, 1.82) is 0 Å². The van der Waals surface area contributed by atoms with Crippen LogP contribution in [0.3, 0.4) is 0 Å². The lowest BCUT2D eigenvalue weighted by Crippen LogP contribution is -2.16. The first kappa shape index (κ1) is 15.9. The third kappa shape index (κ3) is 4.05. The van der Waals surface area contributed by atoms with Crippen LogP contribution in [0.5, 0.6) is 5.75 Å². The normalized spacial score (nSPS) is 14.7. The van der Waals surface area contributed by atoms with Crippen molar-refractivity contribution in [2.45, 2.75) is 38.6 Å². The summed E-state index contributed by atoms with van der Waals surface area (Å²) in [6.45, 7) is 1.89. The molecule has 0 unspecified atom stereocenters. The Labute approximate surface area is 141 Å². The molecule has 1 saturated carbocycles. The molecule has 1 aliphatic rings. The molecule has 1 aliphatic carbocycles. The number of methoxy groups -OCH3 is 1. The van der Waals surface area contributed by atoms with Gasteiger partial charge in [0.05, 0.1) is 12.8 Å². The van der Waals surface area contributed by atoms with E-state index in [1.807, 2.05) is 25.1 Å². The second kappa shape index (κ2) is 7.04. The highest BCUT2D eigenvalue weighted by atomic mass is 35.5. The Morgan fingerprint density at radius 2 is 1.87 bits per heavy atom. The third-order valence-electron chi connectivity index (χ3n) is 3.97. The lowest BCUT2D eigenvalue weighted by atomic mass is 10.2. The molecule has 122 valence electrons. The topological polar surface area (TPSA) is 59.1 Å². The standard InChI is InChI=1S/C17H21ClN4O/c1-11-19-16(21-13-5-3-4-6-13)10-17(20-11)22-14-9-12(18)7-8-15(14)23-2/h7-10,13H,3-6H2,1-2H3,(H2,19,20,21,22). The Morgan fingerprint density at radius 3 is 2.61 bits per heavy atom. The van der Waals surface area contributed by atoms with E-state index < -0.39 is 0 Å². The van der Waals surface area contributed by atoms with Crippen LogP contribution < -0.4 is 15.4 Å². The van der Waals surface area contributed by atoms with Crippen molar-refractivity contribution in [3.8, 4) is 5.75 Å². The number of rotatable bonds is 5. The zero-order valence-electron chi connectivity index (χ0n) is 13.4. The van der Waals surface area contributed by atoms with Crippen molar-refractivity contribution < 1.29 is 4.74 Å². The van der Waals surface area contributed by atoms with Crippen LogP contribution in [-0.4, -0.2) is 23.1 Å². The van der Waals surface area contributed by atoms with Crippen LogP contribution in [-0.2, 0) is 0 Å². The molecule has 6 heteroatoms. The lowest BCUT2D eigenvalue weighted by Gasteiger charge is -2.15. The predicted octanol–water partition coefficient (Wildman–Crippen LogP) is 4.55. The average Bonchev–Trinajstić information content (AvgIpc) is 3.00. The maximum atomic E-state index is 6.08. The summed E-state index contributed by atoms with van der Waals surface area (Å²) in [6, 6.07) is 7.88. The predicted molar refractivity (Wildman–Crippen MR) is 93.9 cm³/mol. The Morgan fingerprint density at radius 1 is 1.13 bits per heavy atom. The van der Waals surface area contributed by atoms with Gasteiger partial charge in [-0.05, 0) is 38.0 Å². The first-order chi connectivity index (χ1) is 11.1. The monoisotopic (exact) mass is 332 g/mol. The van der Waals surface area contributed by atoms with Crippen molar-refractivity contribution >= 4 is 28.9 Å². The summed E-state index contributed by atoms with van der Waals surface area (Å²) < 4.78 is 5.36. The van der Waals surface area contributed by atoms with Crippen molar-refractivity contribution in [3.63, 3.8) is 0 Å². The fraction of sp³-hybridized carbons (Fsp3) is 0.412. The summed E-state index contributed by atoms with van der Waals surface area (Å²) in [5.74, 6) is 3.01. The van der Waals surface area contributed by atoms with Crippen LogP contribution in [0.4, 0.5) is 17.3 Å². The summed E-state index contributed by atoms with van der Waals surface area (Å²) in [6.07, 6.45) is 4.97. The van der Waals surface area contributed by atoms with E-state index in [0.717, 1.165) is 28.9 Å². The number of hydrogen-bond donors (Lipinski definition) is 2. The molecule has 0 aliphatic heterocycles. The molecule has 1 aromatic carbocycles. The van der Waals surface area contributed by atoms with Gasteiger partial charge in [0.1, 0.15) is 23.2 Å². The molecule has 3 rings (SSSR count). The second-order valence-corrected chi connectivity index (χ2v) is 6.22. The Balaban J connectivity index is 1.82. The molecule has 2 aromatic rings. The molecule has 0 amide bonds. The van der Waals surface area contributed by atoms with E-state index >= 15 is 0 Å². The summed E-state index contributed by atoms with van der Waals surface area (Å²) in [5, 5.41) is 7.41. The number of benzene rings is 1. The van der Waals surface area contributed by atoms with Gasteiger partial charge in [0.15, 0.2) is 0 Å². The summed E-state index contributed by atoms with van der Waals surface area (Å²) in [4.78, 5) is 8.93. The number of nitrogens with zero attached hydrogens (tertiary/aromatic N) is 2. The van der Waals surface area contributed by atoms with Gasteiger partial charge < -0.3 is 15.4 Å². The average molecular weight is 333 g/mol. The number of anilines is 3. The van der Waals surface area contributed by atoms with Gasteiger partial charge in [-0.2, -0.15) is 0 Å². The fourth-order valence-corrected chi connectivity index (χ4v) is 3.07. The van der Waals surface area contributed by atoms with Gasteiger partial charge in [0, 0.05) is 17.1 Å². The van der Waals surface area contributed by atoms with Gasteiger partial charge in [-0.25, -0.2) is 9.97 Å². The largest absolute Gasteiger partial charge is 0.495 e. The number of nitrogens with one attached hydrogen (secondary N) is 2. The number of aryl methyl sites for hydroxylation is 1. The molecule has 0 spiro atoms. The van der Waals surface area contributed by atoms with E-state index in [9.17, 15) is 0 Å². The van der Waals surface area contributed by atoms with Crippen molar-refractivity contribution in [3.05, 3.63) is 35.1 Å². The second-order valence-electron chi connectivity index (χ2n) is 5.78. The fourth-order valence-electron chi connectivity index (χ4n) is 2.90. The number of hydrogen-bond acceptors (Lipinski definition) is 5. The highest BCUT2D eigenvalue weighted by molar-refractivity contribution is 6.31. The molecule has 0 radical (unpaired) electrons. The summed E-state index contributed by atoms with van der Waals surface area (Å²) >= 11 is 6.08. The van der Waals surface area contributed by atoms with Crippen LogP contribution in [0.15, 0.2) is 24.3 Å². The van der Waals surface area contributed by atoms with Gasteiger partial charge in [-0.3, -0.25) is 0 Å². The summed E-state index contributed by atoms with van der Waals surface area (Å²) in [7, 11) is 1.63. The quantitative estimate of drug-likeness (QED) is 0.841. The molecule has 0 atom stereocenters. The van der Waals surface area contributed by atoms with E-state index in [-0.39, 0.29) is 0 Å². The van der Waals surface area contributed by atoms with E-state index in [2.05, 4.69) is 20.6 Å². The minimum Gasteiger partial charge on any atom is -0.495 e. The van der Waals surface area contributed by atoms with Gasteiger partial charge in [-0.15, -0.1) is 0 Å². The summed E-state index contributed by atoms with van der Waals surface area (Å²) in [5.41, 5.74) is 0.782. The van der Waals surface area contributed by atoms with Crippen LogP contribution in [0.25, 0.3) is 0 Å². The van der Waals surface area contributed by atoms with Gasteiger partial charge >= 0.3 is 0 Å². The van der Waals surface area contributed by atoms with Gasteiger partial charge in [-0.1, -0.05) is 24.4 Å². The third-order valence-corrected chi connectivity index (χ3v) is 4.20. The Bertz CT molecular complexity index is 686. The Kier molecular flexibility index (Phi) is 4.86. The maximum absolute atomic E-state index is 6.08.